The molecular weight excluding hydrogens is 763 g/mol. The molecule has 1 aromatic heterocycles. The van der Waals surface area contributed by atoms with Crippen LogP contribution in [0.15, 0.2) is 199 Å². The molecule has 3 nitrogen and oxygen atoms in total. The lowest BCUT2D eigenvalue weighted by Gasteiger charge is -2.51. The normalized spacial score (nSPS) is 14.6. The Balaban J connectivity index is 1.16. The summed E-state index contributed by atoms with van der Waals surface area (Å²) in [6.07, 6.45) is 0. The zero-order valence-electron chi connectivity index (χ0n) is 35.4. The minimum atomic E-state index is -0.521. The van der Waals surface area contributed by atoms with Gasteiger partial charge in [0.2, 0.25) is 0 Å². The molecule has 0 unspecified atom stereocenters. The smallest absolute Gasteiger partial charge is 0.375 e. The van der Waals surface area contributed by atoms with Gasteiger partial charge in [-0.3, -0.25) is 0 Å². The highest BCUT2D eigenvalue weighted by Crippen LogP contribution is 2.65. The van der Waals surface area contributed by atoms with Gasteiger partial charge in [0.15, 0.2) is 0 Å². The number of rotatable bonds is 2. The van der Waals surface area contributed by atoms with E-state index in [1.165, 1.54) is 94.5 Å². The van der Waals surface area contributed by atoms with Gasteiger partial charge in [0.25, 0.3) is 0 Å². The van der Waals surface area contributed by atoms with Crippen LogP contribution in [0.3, 0.4) is 0 Å². The molecule has 296 valence electrons. The van der Waals surface area contributed by atoms with E-state index in [2.05, 4.69) is 225 Å². The average Bonchev–Trinajstić information content (AvgIpc) is 3.85. The molecule has 10 aromatic rings. The topological polar surface area (TPSA) is 19.6 Å². The van der Waals surface area contributed by atoms with E-state index in [4.69, 9.17) is 4.42 Å². The van der Waals surface area contributed by atoms with Gasteiger partial charge in [0, 0.05) is 33.6 Å². The van der Waals surface area contributed by atoms with Crippen molar-refractivity contribution in [3.63, 3.8) is 0 Å². The van der Waals surface area contributed by atoms with Crippen LogP contribution in [0.25, 0.3) is 55.1 Å². The van der Waals surface area contributed by atoms with Crippen molar-refractivity contribution in [2.75, 3.05) is 9.71 Å². The number of fused-ring (bicyclic) bond motifs is 17. The maximum atomic E-state index is 7.40. The van der Waals surface area contributed by atoms with Gasteiger partial charge in [-0.25, -0.2) is 0 Å². The molecule has 4 aliphatic rings. The molecule has 0 amide bonds. The molecule has 1 spiro atoms. The third-order valence-corrected chi connectivity index (χ3v) is 14.6. The van der Waals surface area contributed by atoms with E-state index in [9.17, 15) is 0 Å². The van der Waals surface area contributed by atoms with Gasteiger partial charge in [-0.05, 0) is 108 Å². The second-order valence-corrected chi connectivity index (χ2v) is 18.7. The fourth-order valence-electron chi connectivity index (χ4n) is 12.0. The van der Waals surface area contributed by atoms with E-state index in [-0.39, 0.29) is 12.3 Å². The van der Waals surface area contributed by atoms with Crippen LogP contribution in [0.2, 0.25) is 0 Å². The molecule has 9 aromatic carbocycles. The lowest BCUT2D eigenvalue weighted by molar-refractivity contribution is 0.590. The van der Waals surface area contributed by atoms with E-state index in [0.717, 1.165) is 28.0 Å². The maximum absolute atomic E-state index is 7.40. The van der Waals surface area contributed by atoms with Crippen LogP contribution < -0.4 is 20.8 Å². The summed E-state index contributed by atoms with van der Waals surface area (Å²) in [5.41, 5.74) is 22.5. The molecular formula is C59H41BN2O. The summed E-state index contributed by atoms with van der Waals surface area (Å²) in [5, 5.41) is 3.57. The molecule has 14 rings (SSSR count). The quantitative estimate of drug-likeness (QED) is 0.162. The molecule has 0 saturated heterocycles. The summed E-state index contributed by atoms with van der Waals surface area (Å²) in [6.45, 7) is 6.65. The van der Waals surface area contributed by atoms with E-state index in [0.29, 0.717) is 0 Å². The van der Waals surface area contributed by atoms with Crippen LogP contribution >= 0.6 is 0 Å². The minimum Gasteiger partial charge on any atom is -0.466 e. The summed E-state index contributed by atoms with van der Waals surface area (Å²) in [5.74, 6) is 0. The molecule has 1 aliphatic carbocycles. The predicted molar refractivity (Wildman–Crippen MR) is 262 cm³/mol. The summed E-state index contributed by atoms with van der Waals surface area (Å²) >= 11 is 0. The van der Waals surface area contributed by atoms with Gasteiger partial charge in [-0.2, -0.15) is 0 Å². The first-order valence-electron chi connectivity index (χ1n) is 22.2. The lowest BCUT2D eigenvalue weighted by Crippen LogP contribution is -2.62. The molecule has 0 atom stereocenters. The third kappa shape index (κ3) is 4.40. The highest BCUT2D eigenvalue weighted by molar-refractivity contribution is 6.93. The monoisotopic (exact) mass is 804 g/mol. The summed E-state index contributed by atoms with van der Waals surface area (Å²) in [4.78, 5) is 5.21. The van der Waals surface area contributed by atoms with Crippen LogP contribution in [-0.2, 0) is 10.8 Å². The maximum Gasteiger partial charge on any atom is 0.375 e. The van der Waals surface area contributed by atoms with Crippen molar-refractivity contribution >= 4 is 68.1 Å². The first-order valence-corrected chi connectivity index (χ1v) is 22.2. The standard InChI is InChI=1S/C59H41BN2O/c1-58(2,3)38-32-33-49(44(35-38)36-18-5-4-6-19-36)61-51-34-37-20-7-8-21-39(37)53-43-25-17-29-48-55(43)62(60(54(51)53)57-56(61)42-24-11-16-31-52(42)63-57)50-30-15-14-28-47(50)59(48)45-26-12-9-22-40(45)41-23-10-13-27-46(41)59/h4-35H,1-3H3. The summed E-state index contributed by atoms with van der Waals surface area (Å²) in [7, 11) is 0. The fraction of sp³-hybridized carbons (Fsp3) is 0.0847. The molecule has 63 heavy (non-hydrogen) atoms. The van der Waals surface area contributed by atoms with Crippen molar-refractivity contribution in [1.82, 2.24) is 0 Å². The molecule has 4 heteroatoms. The highest BCUT2D eigenvalue weighted by atomic mass is 16.3. The number of benzene rings is 9. The number of anilines is 5. The Bertz CT molecular complexity index is 3550. The Kier molecular flexibility index (Phi) is 6.85. The van der Waals surface area contributed by atoms with E-state index in [1.807, 2.05) is 0 Å². The summed E-state index contributed by atoms with van der Waals surface area (Å²) < 4.78 is 7.40. The van der Waals surface area contributed by atoms with Crippen molar-refractivity contribution in [3.8, 4) is 33.4 Å². The van der Waals surface area contributed by atoms with Crippen LogP contribution in [0.5, 0.6) is 0 Å². The number of hydrogen-bond acceptors (Lipinski definition) is 3. The van der Waals surface area contributed by atoms with Crippen LogP contribution in [0, 0.1) is 0 Å². The zero-order valence-corrected chi connectivity index (χ0v) is 35.4. The van der Waals surface area contributed by atoms with E-state index in [1.54, 1.807) is 0 Å². The fourth-order valence-corrected chi connectivity index (χ4v) is 12.0. The molecule has 0 N–H and O–H groups in total. The number of para-hydroxylation sites is 3. The predicted octanol–water partition coefficient (Wildman–Crippen LogP) is 13.9. The second-order valence-electron chi connectivity index (χ2n) is 18.7. The Morgan fingerprint density at radius 2 is 1.11 bits per heavy atom. The molecule has 3 aliphatic heterocycles. The summed E-state index contributed by atoms with van der Waals surface area (Å²) in [6, 6.07) is 72.7. The SMILES string of the molecule is CC(C)(C)c1ccc(N2c3cc4ccccc4c4c3B(c3oc5ccccc5c32)N2c3ccccc3C3(c5ccccc5-c5ccccc53)c3cccc-4c32)c(-c2ccccc2)c1. The Morgan fingerprint density at radius 1 is 0.476 bits per heavy atom. The first-order chi connectivity index (χ1) is 30.9. The van der Waals surface area contributed by atoms with Crippen LogP contribution in [0.4, 0.5) is 28.4 Å². The molecule has 0 saturated carbocycles. The number of furan rings is 1. The van der Waals surface area contributed by atoms with Crippen LogP contribution in [-0.4, -0.2) is 6.85 Å². The van der Waals surface area contributed by atoms with Crippen molar-refractivity contribution in [1.29, 1.82) is 0 Å². The minimum absolute atomic E-state index is 0.0363. The zero-order chi connectivity index (χ0) is 41.8. The largest absolute Gasteiger partial charge is 0.466 e. The van der Waals surface area contributed by atoms with Gasteiger partial charge in [0.1, 0.15) is 11.2 Å². The van der Waals surface area contributed by atoms with Gasteiger partial charge in [-0.15, -0.1) is 0 Å². The number of nitrogens with zero attached hydrogens (tertiary/aromatic N) is 2. The van der Waals surface area contributed by atoms with Crippen molar-refractivity contribution in [2.45, 2.75) is 31.6 Å². The Morgan fingerprint density at radius 3 is 1.89 bits per heavy atom. The average molecular weight is 805 g/mol. The first kappa shape index (κ1) is 35.1. The van der Waals surface area contributed by atoms with E-state index < -0.39 is 5.41 Å². The van der Waals surface area contributed by atoms with Gasteiger partial charge in [0.05, 0.1) is 16.8 Å². The van der Waals surface area contributed by atoms with Crippen molar-refractivity contribution < 1.29 is 4.42 Å². The van der Waals surface area contributed by atoms with Crippen molar-refractivity contribution in [3.05, 3.63) is 222 Å². The van der Waals surface area contributed by atoms with Crippen molar-refractivity contribution in [2.24, 2.45) is 0 Å². The molecule has 4 heterocycles. The highest BCUT2D eigenvalue weighted by Gasteiger charge is 2.57. The van der Waals surface area contributed by atoms with Gasteiger partial charge in [-0.1, -0.05) is 178 Å². The second kappa shape index (κ2) is 12.3. The number of hydrogen-bond donors (Lipinski definition) is 0. The Labute approximate surface area is 367 Å². The Hall–Kier alpha value is -7.56. The van der Waals surface area contributed by atoms with E-state index >= 15 is 0 Å². The molecule has 0 bridgehead atoms. The third-order valence-electron chi connectivity index (χ3n) is 14.6. The van der Waals surface area contributed by atoms with Gasteiger partial charge >= 0.3 is 6.85 Å². The van der Waals surface area contributed by atoms with Gasteiger partial charge < -0.3 is 14.1 Å². The lowest BCUT2D eigenvalue weighted by atomic mass is 9.44. The molecule has 0 radical (unpaired) electrons. The molecule has 0 fully saturated rings. The van der Waals surface area contributed by atoms with Crippen LogP contribution in [0.1, 0.15) is 48.6 Å².